The summed E-state index contributed by atoms with van der Waals surface area (Å²) in [5.41, 5.74) is 2.52. The Hall–Kier alpha value is -3.62. The summed E-state index contributed by atoms with van der Waals surface area (Å²) in [6.45, 7) is 0. The van der Waals surface area contributed by atoms with E-state index in [1.165, 1.54) is 35.5 Å². The molecule has 1 N–H and O–H groups in total. The van der Waals surface area contributed by atoms with E-state index in [9.17, 15) is 18.0 Å². The lowest BCUT2D eigenvalue weighted by atomic mass is 10.1. The first-order valence-electron chi connectivity index (χ1n) is 8.48. The quantitative estimate of drug-likeness (QED) is 0.681. The van der Waals surface area contributed by atoms with Crippen molar-refractivity contribution in [2.75, 3.05) is 19.4 Å². The van der Waals surface area contributed by atoms with Gasteiger partial charge in [0.15, 0.2) is 0 Å². The Morgan fingerprint density at radius 2 is 1.66 bits per heavy atom. The van der Waals surface area contributed by atoms with Gasteiger partial charge in [0.2, 0.25) is 0 Å². The van der Waals surface area contributed by atoms with Crippen molar-refractivity contribution in [3.63, 3.8) is 0 Å². The fourth-order valence-corrected chi connectivity index (χ4v) is 2.51. The number of halogens is 3. The third-order valence-corrected chi connectivity index (χ3v) is 3.86. The summed E-state index contributed by atoms with van der Waals surface area (Å²) in [5.74, 6) is 0.0614. The molecule has 0 fully saturated rings. The fraction of sp³-hybridized carbons (Fsp3) is 0.150. The first-order chi connectivity index (χ1) is 13.7. The SMILES string of the molecule is CN(C)C(=O)c1ccc(-c2cc(Nc3ccc(OC(F)(F)F)cc3)ncn2)cc1. The number of carbonyl (C=O) groups is 1. The second kappa shape index (κ2) is 8.17. The molecule has 29 heavy (non-hydrogen) atoms. The highest BCUT2D eigenvalue weighted by Gasteiger charge is 2.30. The molecule has 1 heterocycles. The molecule has 6 nitrogen and oxygen atoms in total. The van der Waals surface area contributed by atoms with E-state index in [2.05, 4.69) is 20.0 Å². The van der Waals surface area contributed by atoms with Gasteiger partial charge in [0.1, 0.15) is 17.9 Å². The Kier molecular flexibility index (Phi) is 5.67. The summed E-state index contributed by atoms with van der Waals surface area (Å²) in [6, 6.07) is 14.0. The van der Waals surface area contributed by atoms with Crippen LogP contribution in [0.25, 0.3) is 11.3 Å². The number of amides is 1. The standard InChI is InChI=1S/C20H17F3N4O2/c1-27(2)19(28)14-5-3-13(4-6-14)17-11-18(25-12-24-17)26-15-7-9-16(10-8-15)29-20(21,22)23/h3-12H,1-2H3,(H,24,25,26). The summed E-state index contributed by atoms with van der Waals surface area (Å²) in [6.07, 6.45) is -3.36. The van der Waals surface area contributed by atoms with Crippen LogP contribution in [-0.4, -0.2) is 41.2 Å². The van der Waals surface area contributed by atoms with Gasteiger partial charge in [-0.2, -0.15) is 0 Å². The highest BCUT2D eigenvalue weighted by Crippen LogP contribution is 2.26. The Labute approximate surface area is 165 Å². The lowest BCUT2D eigenvalue weighted by Crippen LogP contribution is -2.21. The Bertz CT molecular complexity index is 988. The van der Waals surface area contributed by atoms with Gasteiger partial charge in [-0.3, -0.25) is 4.79 Å². The first kappa shape index (κ1) is 20.1. The monoisotopic (exact) mass is 402 g/mol. The number of aromatic nitrogens is 2. The van der Waals surface area contributed by atoms with E-state index in [1.807, 2.05) is 0 Å². The van der Waals surface area contributed by atoms with E-state index in [-0.39, 0.29) is 11.7 Å². The van der Waals surface area contributed by atoms with Gasteiger partial charge in [-0.05, 0) is 36.4 Å². The minimum atomic E-state index is -4.73. The van der Waals surface area contributed by atoms with E-state index >= 15 is 0 Å². The van der Waals surface area contributed by atoms with Crippen molar-refractivity contribution in [1.82, 2.24) is 14.9 Å². The molecular weight excluding hydrogens is 385 g/mol. The van der Waals surface area contributed by atoms with Crippen molar-refractivity contribution < 1.29 is 22.7 Å². The molecule has 150 valence electrons. The van der Waals surface area contributed by atoms with Crippen LogP contribution in [0.15, 0.2) is 60.9 Å². The van der Waals surface area contributed by atoms with Crippen LogP contribution in [0.3, 0.4) is 0 Å². The minimum Gasteiger partial charge on any atom is -0.406 e. The Morgan fingerprint density at radius 3 is 2.24 bits per heavy atom. The second-order valence-electron chi connectivity index (χ2n) is 6.26. The van der Waals surface area contributed by atoms with Crippen molar-refractivity contribution in [1.29, 1.82) is 0 Å². The van der Waals surface area contributed by atoms with Gasteiger partial charge in [0.05, 0.1) is 5.69 Å². The van der Waals surface area contributed by atoms with Gasteiger partial charge in [-0.1, -0.05) is 12.1 Å². The molecule has 0 aliphatic heterocycles. The van der Waals surface area contributed by atoms with E-state index in [0.29, 0.717) is 22.8 Å². The molecular formula is C20H17F3N4O2. The van der Waals surface area contributed by atoms with Crippen LogP contribution in [0.1, 0.15) is 10.4 Å². The number of benzene rings is 2. The van der Waals surface area contributed by atoms with Crippen LogP contribution >= 0.6 is 0 Å². The molecule has 2 aromatic carbocycles. The van der Waals surface area contributed by atoms with Crippen LogP contribution < -0.4 is 10.1 Å². The number of anilines is 2. The number of rotatable bonds is 5. The molecule has 0 aliphatic carbocycles. The van der Waals surface area contributed by atoms with E-state index < -0.39 is 6.36 Å². The molecule has 0 saturated carbocycles. The summed E-state index contributed by atoms with van der Waals surface area (Å²) in [7, 11) is 3.36. The summed E-state index contributed by atoms with van der Waals surface area (Å²) >= 11 is 0. The Balaban J connectivity index is 1.73. The second-order valence-corrected chi connectivity index (χ2v) is 6.26. The zero-order chi connectivity index (χ0) is 21.0. The van der Waals surface area contributed by atoms with Crippen molar-refractivity contribution in [3.05, 3.63) is 66.5 Å². The van der Waals surface area contributed by atoms with E-state index in [1.54, 1.807) is 44.4 Å². The average Bonchev–Trinajstić information content (AvgIpc) is 2.68. The number of hydrogen-bond acceptors (Lipinski definition) is 5. The van der Waals surface area contributed by atoms with Crippen LogP contribution in [0.5, 0.6) is 5.75 Å². The van der Waals surface area contributed by atoms with Gasteiger partial charge >= 0.3 is 6.36 Å². The topological polar surface area (TPSA) is 67.4 Å². The largest absolute Gasteiger partial charge is 0.573 e. The third kappa shape index (κ3) is 5.44. The Morgan fingerprint density at radius 1 is 1.00 bits per heavy atom. The number of alkyl halides is 3. The lowest BCUT2D eigenvalue weighted by molar-refractivity contribution is -0.274. The fourth-order valence-electron chi connectivity index (χ4n) is 2.51. The first-order valence-corrected chi connectivity index (χ1v) is 8.48. The summed E-state index contributed by atoms with van der Waals surface area (Å²) in [4.78, 5) is 21.8. The molecule has 3 aromatic rings. The number of nitrogens with zero attached hydrogens (tertiary/aromatic N) is 3. The maximum atomic E-state index is 12.2. The molecule has 3 rings (SSSR count). The summed E-state index contributed by atoms with van der Waals surface area (Å²) < 4.78 is 40.5. The van der Waals surface area contributed by atoms with Crippen molar-refractivity contribution in [3.8, 4) is 17.0 Å². The lowest BCUT2D eigenvalue weighted by Gasteiger charge is -2.11. The predicted octanol–water partition coefficient (Wildman–Crippen LogP) is 4.49. The molecule has 0 unspecified atom stereocenters. The highest BCUT2D eigenvalue weighted by molar-refractivity contribution is 5.94. The molecule has 0 spiro atoms. The van der Waals surface area contributed by atoms with Gasteiger partial charge in [-0.25, -0.2) is 9.97 Å². The van der Waals surface area contributed by atoms with Crippen molar-refractivity contribution >= 4 is 17.4 Å². The maximum absolute atomic E-state index is 12.2. The molecule has 1 amide bonds. The smallest absolute Gasteiger partial charge is 0.406 e. The maximum Gasteiger partial charge on any atom is 0.573 e. The molecule has 0 bridgehead atoms. The zero-order valence-electron chi connectivity index (χ0n) is 15.6. The van der Waals surface area contributed by atoms with Crippen molar-refractivity contribution in [2.24, 2.45) is 0 Å². The third-order valence-electron chi connectivity index (χ3n) is 3.86. The van der Waals surface area contributed by atoms with Crippen molar-refractivity contribution in [2.45, 2.75) is 6.36 Å². The molecule has 0 atom stereocenters. The van der Waals surface area contributed by atoms with Gasteiger partial charge in [0, 0.05) is 37.0 Å². The molecule has 0 radical (unpaired) electrons. The zero-order valence-corrected chi connectivity index (χ0v) is 15.6. The van der Waals surface area contributed by atoms with Crippen LogP contribution in [0, 0.1) is 0 Å². The van der Waals surface area contributed by atoms with Gasteiger partial charge < -0.3 is 15.0 Å². The number of nitrogens with one attached hydrogen (secondary N) is 1. The van der Waals surface area contributed by atoms with Crippen LogP contribution in [0.2, 0.25) is 0 Å². The minimum absolute atomic E-state index is 0.0976. The molecule has 9 heteroatoms. The number of carbonyl (C=O) groups excluding carboxylic acids is 1. The van der Waals surface area contributed by atoms with E-state index in [0.717, 1.165) is 5.56 Å². The van der Waals surface area contributed by atoms with Gasteiger partial charge in [0.25, 0.3) is 5.91 Å². The molecule has 0 aliphatic rings. The average molecular weight is 402 g/mol. The summed E-state index contributed by atoms with van der Waals surface area (Å²) in [5, 5.41) is 3.00. The van der Waals surface area contributed by atoms with Gasteiger partial charge in [-0.15, -0.1) is 13.2 Å². The van der Waals surface area contributed by atoms with Crippen LogP contribution in [-0.2, 0) is 0 Å². The number of ether oxygens (including phenoxy) is 1. The molecule has 1 aromatic heterocycles. The number of hydrogen-bond donors (Lipinski definition) is 1. The predicted molar refractivity (Wildman–Crippen MR) is 102 cm³/mol. The highest BCUT2D eigenvalue weighted by atomic mass is 19.4. The molecule has 0 saturated heterocycles. The van der Waals surface area contributed by atoms with Crippen LogP contribution in [0.4, 0.5) is 24.7 Å². The normalized spacial score (nSPS) is 11.1. The van der Waals surface area contributed by atoms with E-state index in [4.69, 9.17) is 0 Å².